The fourth-order valence-electron chi connectivity index (χ4n) is 2.24. The van der Waals surface area contributed by atoms with Gasteiger partial charge in [-0.05, 0) is 12.8 Å². The Labute approximate surface area is 93.7 Å². The number of amidine groups is 1. The lowest BCUT2D eigenvalue weighted by Crippen LogP contribution is -2.36. The van der Waals surface area contributed by atoms with Crippen LogP contribution in [0.2, 0.25) is 0 Å². The fourth-order valence-corrected chi connectivity index (χ4v) is 2.24. The molecule has 0 aliphatic carbocycles. The van der Waals surface area contributed by atoms with Gasteiger partial charge in [0.05, 0.1) is 6.54 Å². The van der Waals surface area contributed by atoms with Gasteiger partial charge in [-0.25, -0.2) is 0 Å². The Hall–Kier alpha value is -0.570. The standard InChI is InChI=1S/C12H25N3/c1-3-5-6-11(4-2)12-14-8-10-15(12)9-7-13/h11H,3-10,13H2,1-2H3. The number of hydrogen-bond acceptors (Lipinski definition) is 3. The average Bonchev–Trinajstić information content (AvgIpc) is 2.68. The number of unbranched alkanes of at least 4 members (excludes halogenated alkanes) is 1. The van der Waals surface area contributed by atoms with E-state index in [1.165, 1.54) is 31.5 Å². The minimum Gasteiger partial charge on any atom is -0.357 e. The molecule has 0 fully saturated rings. The number of hydrogen-bond donors (Lipinski definition) is 1. The van der Waals surface area contributed by atoms with Crippen LogP contribution in [0.25, 0.3) is 0 Å². The summed E-state index contributed by atoms with van der Waals surface area (Å²) in [4.78, 5) is 7.03. The monoisotopic (exact) mass is 211 g/mol. The second-order valence-corrected chi connectivity index (χ2v) is 4.26. The van der Waals surface area contributed by atoms with E-state index in [0.29, 0.717) is 5.92 Å². The first-order chi connectivity index (χ1) is 7.33. The normalized spacial score (nSPS) is 18.1. The highest BCUT2D eigenvalue weighted by atomic mass is 15.2. The van der Waals surface area contributed by atoms with Gasteiger partial charge in [0.15, 0.2) is 0 Å². The van der Waals surface area contributed by atoms with Gasteiger partial charge in [0.1, 0.15) is 5.84 Å². The SMILES string of the molecule is CCCCC(CC)C1=NCCN1CCN. The third-order valence-electron chi connectivity index (χ3n) is 3.13. The maximum Gasteiger partial charge on any atom is 0.102 e. The first-order valence-corrected chi connectivity index (χ1v) is 6.32. The van der Waals surface area contributed by atoms with E-state index in [9.17, 15) is 0 Å². The van der Waals surface area contributed by atoms with Crippen molar-refractivity contribution in [2.45, 2.75) is 39.5 Å². The van der Waals surface area contributed by atoms with Crippen molar-refractivity contribution in [2.24, 2.45) is 16.6 Å². The molecule has 1 atom stereocenters. The smallest absolute Gasteiger partial charge is 0.102 e. The van der Waals surface area contributed by atoms with Gasteiger partial charge in [-0.1, -0.05) is 26.7 Å². The molecule has 0 saturated heterocycles. The summed E-state index contributed by atoms with van der Waals surface area (Å²) in [6.45, 7) is 8.28. The van der Waals surface area contributed by atoms with Gasteiger partial charge in [0.25, 0.3) is 0 Å². The van der Waals surface area contributed by atoms with Gasteiger partial charge in [0, 0.05) is 25.6 Å². The third kappa shape index (κ3) is 3.49. The molecule has 0 saturated carbocycles. The van der Waals surface area contributed by atoms with Crippen molar-refractivity contribution in [1.82, 2.24) is 4.90 Å². The summed E-state index contributed by atoms with van der Waals surface area (Å²) in [5.41, 5.74) is 5.62. The summed E-state index contributed by atoms with van der Waals surface area (Å²) < 4.78 is 0. The van der Waals surface area contributed by atoms with Crippen LogP contribution in [0.5, 0.6) is 0 Å². The topological polar surface area (TPSA) is 41.6 Å². The van der Waals surface area contributed by atoms with Gasteiger partial charge in [-0.2, -0.15) is 0 Å². The molecule has 0 aromatic heterocycles. The summed E-state index contributed by atoms with van der Waals surface area (Å²) >= 11 is 0. The van der Waals surface area contributed by atoms with Gasteiger partial charge < -0.3 is 10.6 Å². The lowest BCUT2D eigenvalue weighted by molar-refractivity contribution is 0.424. The maximum absolute atomic E-state index is 5.62. The van der Waals surface area contributed by atoms with Crippen LogP contribution in [0.3, 0.4) is 0 Å². The zero-order valence-corrected chi connectivity index (χ0v) is 10.2. The van der Waals surface area contributed by atoms with Crippen LogP contribution < -0.4 is 5.73 Å². The molecule has 1 heterocycles. The van der Waals surface area contributed by atoms with Gasteiger partial charge in [-0.3, -0.25) is 4.99 Å². The van der Waals surface area contributed by atoms with Gasteiger partial charge in [-0.15, -0.1) is 0 Å². The van der Waals surface area contributed by atoms with E-state index >= 15 is 0 Å². The van der Waals surface area contributed by atoms with Gasteiger partial charge in [0.2, 0.25) is 0 Å². The Bertz CT molecular complexity index is 201. The highest BCUT2D eigenvalue weighted by Crippen LogP contribution is 2.19. The summed E-state index contributed by atoms with van der Waals surface area (Å²) in [6.07, 6.45) is 5.08. The second kappa shape index (κ2) is 6.83. The Balaban J connectivity index is 2.50. The molecule has 2 N–H and O–H groups in total. The number of nitrogens with zero attached hydrogens (tertiary/aromatic N) is 2. The maximum atomic E-state index is 5.62. The molecule has 0 bridgehead atoms. The number of rotatable bonds is 7. The van der Waals surface area contributed by atoms with Crippen LogP contribution in [0.4, 0.5) is 0 Å². The van der Waals surface area contributed by atoms with Crippen LogP contribution in [0.15, 0.2) is 4.99 Å². The zero-order chi connectivity index (χ0) is 11.1. The van der Waals surface area contributed by atoms with E-state index in [1.54, 1.807) is 0 Å². The molecule has 0 aromatic rings. The quantitative estimate of drug-likeness (QED) is 0.698. The lowest BCUT2D eigenvalue weighted by Gasteiger charge is -2.25. The zero-order valence-electron chi connectivity index (χ0n) is 10.2. The molecule has 0 aromatic carbocycles. The van der Waals surface area contributed by atoms with Crippen molar-refractivity contribution in [1.29, 1.82) is 0 Å². The average molecular weight is 211 g/mol. The predicted octanol–water partition coefficient (Wildman–Crippen LogP) is 1.88. The first kappa shape index (κ1) is 12.5. The molecular weight excluding hydrogens is 186 g/mol. The molecular formula is C12H25N3. The van der Waals surface area contributed by atoms with E-state index in [1.807, 2.05) is 0 Å². The Morgan fingerprint density at radius 3 is 2.87 bits per heavy atom. The molecule has 88 valence electrons. The largest absolute Gasteiger partial charge is 0.357 e. The molecule has 0 radical (unpaired) electrons. The van der Waals surface area contributed by atoms with Crippen molar-refractivity contribution >= 4 is 5.84 Å². The second-order valence-electron chi connectivity index (χ2n) is 4.26. The Kier molecular flexibility index (Phi) is 5.69. The molecule has 3 heteroatoms. The van der Waals surface area contributed by atoms with E-state index in [4.69, 9.17) is 5.73 Å². The summed E-state index contributed by atoms with van der Waals surface area (Å²) in [5, 5.41) is 0. The molecule has 1 unspecified atom stereocenters. The van der Waals surface area contributed by atoms with Crippen molar-refractivity contribution in [3.05, 3.63) is 0 Å². The number of nitrogens with two attached hydrogens (primary N) is 1. The van der Waals surface area contributed by atoms with Crippen molar-refractivity contribution in [3.8, 4) is 0 Å². The molecule has 15 heavy (non-hydrogen) atoms. The van der Waals surface area contributed by atoms with Crippen molar-refractivity contribution in [2.75, 3.05) is 26.2 Å². The summed E-state index contributed by atoms with van der Waals surface area (Å²) in [6, 6.07) is 0. The number of aliphatic imine (C=N–C) groups is 1. The minimum absolute atomic E-state index is 0.666. The highest BCUT2D eigenvalue weighted by Gasteiger charge is 2.22. The van der Waals surface area contributed by atoms with Crippen LogP contribution >= 0.6 is 0 Å². The van der Waals surface area contributed by atoms with Crippen LogP contribution in [-0.4, -0.2) is 36.9 Å². The van der Waals surface area contributed by atoms with E-state index in [2.05, 4.69) is 23.7 Å². The van der Waals surface area contributed by atoms with Gasteiger partial charge >= 0.3 is 0 Å². The van der Waals surface area contributed by atoms with E-state index in [0.717, 1.165) is 26.2 Å². The predicted molar refractivity (Wildman–Crippen MR) is 66.2 cm³/mol. The molecule has 0 spiro atoms. The summed E-state index contributed by atoms with van der Waals surface area (Å²) in [5.74, 6) is 2.00. The molecule has 1 aliphatic rings. The fraction of sp³-hybridized carbons (Fsp3) is 0.917. The lowest BCUT2D eigenvalue weighted by atomic mass is 9.97. The van der Waals surface area contributed by atoms with E-state index < -0.39 is 0 Å². The highest BCUT2D eigenvalue weighted by molar-refractivity contribution is 5.86. The summed E-state index contributed by atoms with van der Waals surface area (Å²) in [7, 11) is 0. The molecule has 1 aliphatic heterocycles. The van der Waals surface area contributed by atoms with Crippen molar-refractivity contribution < 1.29 is 0 Å². The Morgan fingerprint density at radius 1 is 1.47 bits per heavy atom. The Morgan fingerprint density at radius 2 is 2.27 bits per heavy atom. The van der Waals surface area contributed by atoms with Crippen LogP contribution in [0, 0.1) is 5.92 Å². The molecule has 0 amide bonds. The third-order valence-corrected chi connectivity index (χ3v) is 3.13. The minimum atomic E-state index is 0.666. The van der Waals surface area contributed by atoms with Crippen molar-refractivity contribution in [3.63, 3.8) is 0 Å². The molecule has 1 rings (SSSR count). The first-order valence-electron chi connectivity index (χ1n) is 6.32. The van der Waals surface area contributed by atoms with Crippen LogP contribution in [-0.2, 0) is 0 Å². The molecule has 3 nitrogen and oxygen atoms in total. The van der Waals surface area contributed by atoms with Crippen LogP contribution in [0.1, 0.15) is 39.5 Å². The van der Waals surface area contributed by atoms with E-state index in [-0.39, 0.29) is 0 Å².